The minimum atomic E-state index is -0.00152. The Morgan fingerprint density at radius 2 is 2.31 bits per heavy atom. The molecule has 16 heavy (non-hydrogen) atoms. The molecule has 1 fully saturated rings. The lowest BCUT2D eigenvalue weighted by molar-refractivity contribution is 0.0639. The zero-order chi connectivity index (χ0) is 11.6. The van der Waals surface area contributed by atoms with Gasteiger partial charge >= 0.3 is 0 Å². The number of hydrogen-bond acceptors (Lipinski definition) is 4. The van der Waals surface area contributed by atoms with Crippen molar-refractivity contribution in [3.8, 4) is 0 Å². The Hall–Kier alpha value is -1.13. The van der Waals surface area contributed by atoms with Crippen LogP contribution in [0.3, 0.4) is 0 Å². The van der Waals surface area contributed by atoms with E-state index in [1.165, 1.54) is 0 Å². The van der Waals surface area contributed by atoms with Crippen LogP contribution in [-0.4, -0.2) is 30.3 Å². The molecule has 1 aliphatic rings. The summed E-state index contributed by atoms with van der Waals surface area (Å²) in [5.74, 6) is 0.997. The van der Waals surface area contributed by atoms with Crippen LogP contribution in [-0.2, 0) is 11.3 Å². The zero-order valence-corrected chi connectivity index (χ0v) is 9.94. The van der Waals surface area contributed by atoms with Gasteiger partial charge in [-0.25, -0.2) is 4.98 Å². The lowest BCUT2D eigenvalue weighted by Gasteiger charge is -2.43. The van der Waals surface area contributed by atoms with Gasteiger partial charge in [0.1, 0.15) is 5.82 Å². The van der Waals surface area contributed by atoms with E-state index in [2.05, 4.69) is 23.7 Å². The summed E-state index contributed by atoms with van der Waals surface area (Å²) >= 11 is 0. The summed E-state index contributed by atoms with van der Waals surface area (Å²) in [6.07, 6.45) is 0. The molecule has 1 aromatic heterocycles. The first kappa shape index (κ1) is 11.4. The molecule has 1 aliphatic heterocycles. The van der Waals surface area contributed by atoms with Gasteiger partial charge in [0.25, 0.3) is 0 Å². The summed E-state index contributed by atoms with van der Waals surface area (Å²) in [4.78, 5) is 6.84. The van der Waals surface area contributed by atoms with Crippen LogP contribution in [0.2, 0.25) is 0 Å². The van der Waals surface area contributed by atoms with E-state index in [4.69, 9.17) is 10.5 Å². The summed E-state index contributed by atoms with van der Waals surface area (Å²) in [5.41, 5.74) is 6.54. The van der Waals surface area contributed by atoms with Gasteiger partial charge in [-0.2, -0.15) is 0 Å². The Morgan fingerprint density at radius 1 is 1.50 bits per heavy atom. The van der Waals surface area contributed by atoms with E-state index in [1.54, 1.807) is 0 Å². The maximum Gasteiger partial charge on any atom is 0.129 e. The highest BCUT2D eigenvalue weighted by atomic mass is 16.5. The molecule has 0 atom stereocenters. The van der Waals surface area contributed by atoms with Crippen molar-refractivity contribution in [2.45, 2.75) is 25.9 Å². The van der Waals surface area contributed by atoms with Gasteiger partial charge in [-0.1, -0.05) is 6.07 Å². The molecule has 0 unspecified atom stereocenters. The second kappa shape index (κ2) is 4.39. The standard InChI is InChI=1S/C12H19N3O/c1-12(2)9-16-7-6-15(12)11-5-3-4-10(8-13)14-11/h3-5H,6-9,13H2,1-2H3. The van der Waals surface area contributed by atoms with Gasteiger partial charge in [-0.05, 0) is 26.0 Å². The average molecular weight is 221 g/mol. The van der Waals surface area contributed by atoms with Gasteiger partial charge in [0, 0.05) is 13.1 Å². The van der Waals surface area contributed by atoms with Crippen molar-refractivity contribution in [2.75, 3.05) is 24.7 Å². The van der Waals surface area contributed by atoms with Crippen molar-refractivity contribution in [1.29, 1.82) is 0 Å². The lowest BCUT2D eigenvalue weighted by atomic mass is 10.0. The Kier molecular flexibility index (Phi) is 3.12. The molecular formula is C12H19N3O. The number of rotatable bonds is 2. The Morgan fingerprint density at radius 3 is 3.00 bits per heavy atom. The number of hydrogen-bond donors (Lipinski definition) is 1. The molecule has 88 valence electrons. The molecule has 0 aromatic carbocycles. The van der Waals surface area contributed by atoms with Crippen molar-refractivity contribution in [3.05, 3.63) is 23.9 Å². The Balaban J connectivity index is 2.27. The zero-order valence-electron chi connectivity index (χ0n) is 9.94. The lowest BCUT2D eigenvalue weighted by Crippen LogP contribution is -2.53. The molecule has 0 aliphatic carbocycles. The first-order valence-electron chi connectivity index (χ1n) is 5.65. The third kappa shape index (κ3) is 2.18. The maximum atomic E-state index is 5.61. The molecule has 4 nitrogen and oxygen atoms in total. The van der Waals surface area contributed by atoms with Crippen LogP contribution in [0, 0.1) is 0 Å². The SMILES string of the molecule is CC1(C)COCCN1c1cccc(CN)n1. The molecule has 0 saturated carbocycles. The third-order valence-electron chi connectivity index (χ3n) is 2.92. The monoisotopic (exact) mass is 221 g/mol. The molecule has 2 N–H and O–H groups in total. The van der Waals surface area contributed by atoms with E-state index in [0.717, 1.165) is 31.3 Å². The van der Waals surface area contributed by atoms with Gasteiger partial charge in [-0.3, -0.25) is 0 Å². The normalized spacial score (nSPS) is 19.8. The summed E-state index contributed by atoms with van der Waals surface area (Å²) < 4.78 is 5.50. The fraction of sp³-hybridized carbons (Fsp3) is 0.583. The molecule has 2 heterocycles. The largest absolute Gasteiger partial charge is 0.377 e. The molecule has 0 spiro atoms. The average Bonchev–Trinajstić information content (AvgIpc) is 2.28. The van der Waals surface area contributed by atoms with E-state index in [0.29, 0.717) is 6.54 Å². The van der Waals surface area contributed by atoms with Gasteiger partial charge < -0.3 is 15.4 Å². The van der Waals surface area contributed by atoms with Crippen LogP contribution >= 0.6 is 0 Å². The highest BCUT2D eigenvalue weighted by Gasteiger charge is 2.31. The van der Waals surface area contributed by atoms with Gasteiger partial charge in [0.05, 0.1) is 24.4 Å². The van der Waals surface area contributed by atoms with Crippen molar-refractivity contribution in [3.63, 3.8) is 0 Å². The number of ether oxygens (including phenoxy) is 1. The van der Waals surface area contributed by atoms with E-state index in [-0.39, 0.29) is 5.54 Å². The molecule has 4 heteroatoms. The van der Waals surface area contributed by atoms with Crippen LogP contribution in [0.1, 0.15) is 19.5 Å². The van der Waals surface area contributed by atoms with Crippen LogP contribution in [0.25, 0.3) is 0 Å². The van der Waals surface area contributed by atoms with E-state index >= 15 is 0 Å². The summed E-state index contributed by atoms with van der Waals surface area (Å²) in [6, 6.07) is 6.00. The molecule has 1 aromatic rings. The quantitative estimate of drug-likeness (QED) is 0.814. The Labute approximate surface area is 96.4 Å². The predicted molar refractivity (Wildman–Crippen MR) is 64.4 cm³/mol. The first-order valence-corrected chi connectivity index (χ1v) is 5.65. The number of nitrogens with zero attached hydrogens (tertiary/aromatic N) is 2. The number of nitrogens with two attached hydrogens (primary N) is 1. The third-order valence-corrected chi connectivity index (χ3v) is 2.92. The molecule has 2 rings (SSSR count). The smallest absolute Gasteiger partial charge is 0.129 e. The van der Waals surface area contributed by atoms with E-state index in [9.17, 15) is 0 Å². The second-order valence-corrected chi connectivity index (χ2v) is 4.71. The fourth-order valence-corrected chi connectivity index (χ4v) is 2.01. The predicted octanol–water partition coefficient (Wildman–Crippen LogP) is 1.16. The van der Waals surface area contributed by atoms with Crippen molar-refractivity contribution < 1.29 is 4.74 Å². The molecule has 1 saturated heterocycles. The highest BCUT2D eigenvalue weighted by molar-refractivity contribution is 5.43. The molecular weight excluding hydrogens is 202 g/mol. The second-order valence-electron chi connectivity index (χ2n) is 4.71. The van der Waals surface area contributed by atoms with Crippen molar-refractivity contribution >= 4 is 5.82 Å². The number of anilines is 1. The fourth-order valence-electron chi connectivity index (χ4n) is 2.01. The maximum absolute atomic E-state index is 5.61. The topological polar surface area (TPSA) is 51.4 Å². The van der Waals surface area contributed by atoms with E-state index in [1.807, 2.05) is 18.2 Å². The van der Waals surface area contributed by atoms with Crippen LogP contribution in [0.15, 0.2) is 18.2 Å². The molecule has 0 radical (unpaired) electrons. The highest BCUT2D eigenvalue weighted by Crippen LogP contribution is 2.25. The number of morpholine rings is 1. The van der Waals surface area contributed by atoms with Crippen LogP contribution in [0.5, 0.6) is 0 Å². The van der Waals surface area contributed by atoms with Crippen LogP contribution in [0.4, 0.5) is 5.82 Å². The van der Waals surface area contributed by atoms with Gasteiger partial charge in [0.15, 0.2) is 0 Å². The van der Waals surface area contributed by atoms with E-state index < -0.39 is 0 Å². The van der Waals surface area contributed by atoms with Gasteiger partial charge in [-0.15, -0.1) is 0 Å². The molecule has 0 bridgehead atoms. The first-order chi connectivity index (χ1) is 7.63. The van der Waals surface area contributed by atoms with Crippen LogP contribution < -0.4 is 10.6 Å². The van der Waals surface area contributed by atoms with Crippen molar-refractivity contribution in [1.82, 2.24) is 4.98 Å². The molecule has 0 amide bonds. The Bertz CT molecular complexity index is 365. The minimum Gasteiger partial charge on any atom is -0.377 e. The summed E-state index contributed by atoms with van der Waals surface area (Å²) in [6.45, 7) is 7.21. The van der Waals surface area contributed by atoms with Gasteiger partial charge in [0.2, 0.25) is 0 Å². The number of pyridine rings is 1. The minimum absolute atomic E-state index is 0.00152. The summed E-state index contributed by atoms with van der Waals surface area (Å²) in [7, 11) is 0. The van der Waals surface area contributed by atoms with Crippen molar-refractivity contribution in [2.24, 2.45) is 5.73 Å². The number of aromatic nitrogens is 1. The summed E-state index contributed by atoms with van der Waals surface area (Å²) in [5, 5.41) is 0.